The van der Waals surface area contributed by atoms with Crippen LogP contribution in [0.1, 0.15) is 55.5 Å². The average Bonchev–Trinajstić information content (AvgIpc) is 2.72. The first kappa shape index (κ1) is 21.3. The van der Waals surface area contributed by atoms with Gasteiger partial charge in [-0.2, -0.15) is 0 Å². The van der Waals surface area contributed by atoms with Crippen molar-refractivity contribution in [3.8, 4) is 0 Å². The second-order valence-corrected chi connectivity index (χ2v) is 8.02. The second-order valence-electron chi connectivity index (χ2n) is 8.02. The third-order valence-electron chi connectivity index (χ3n) is 5.39. The summed E-state index contributed by atoms with van der Waals surface area (Å²) in [6, 6.07) is 6.93. The minimum Gasteiger partial charge on any atom is -0.379 e. The van der Waals surface area contributed by atoms with E-state index in [1.165, 1.54) is 0 Å². The lowest BCUT2D eigenvalue weighted by Gasteiger charge is -2.42. The standard InChI is InChI=1S/C22H31N3O4/c1-16(2)29-13-5-11-23-21(27)18-9-7-17(8-10-18)14-24-15-20(26)25-12-4-3-6-19(25)22(24)28/h7-10,16,19H,3-6,11-15H2,1-2H3,(H,23,27)/t19-/m1/s1. The van der Waals surface area contributed by atoms with Crippen LogP contribution in [-0.4, -0.2) is 65.9 Å². The highest BCUT2D eigenvalue weighted by Gasteiger charge is 2.40. The molecule has 158 valence electrons. The summed E-state index contributed by atoms with van der Waals surface area (Å²) in [5, 5.41) is 2.88. The fraction of sp³-hybridized carbons (Fsp3) is 0.591. The minimum atomic E-state index is -0.297. The molecule has 2 aliphatic heterocycles. The molecule has 2 saturated heterocycles. The van der Waals surface area contributed by atoms with Crippen molar-refractivity contribution >= 4 is 17.7 Å². The Balaban J connectivity index is 1.50. The summed E-state index contributed by atoms with van der Waals surface area (Å²) < 4.78 is 5.46. The normalized spacial score (nSPS) is 19.5. The molecule has 2 heterocycles. The Labute approximate surface area is 172 Å². The predicted molar refractivity (Wildman–Crippen MR) is 109 cm³/mol. The van der Waals surface area contributed by atoms with Gasteiger partial charge in [0.05, 0.1) is 6.10 Å². The first-order chi connectivity index (χ1) is 14.0. The number of carbonyl (C=O) groups is 3. The Kier molecular flexibility index (Phi) is 7.25. The monoisotopic (exact) mass is 401 g/mol. The van der Waals surface area contributed by atoms with Gasteiger partial charge in [0.2, 0.25) is 11.8 Å². The number of nitrogens with zero attached hydrogens (tertiary/aromatic N) is 2. The first-order valence-electron chi connectivity index (χ1n) is 10.5. The largest absolute Gasteiger partial charge is 0.379 e. The highest BCUT2D eigenvalue weighted by molar-refractivity contribution is 5.95. The van der Waals surface area contributed by atoms with E-state index in [2.05, 4.69) is 5.32 Å². The van der Waals surface area contributed by atoms with Gasteiger partial charge in [-0.05, 0) is 57.2 Å². The Morgan fingerprint density at radius 3 is 2.69 bits per heavy atom. The molecule has 1 N–H and O–H groups in total. The highest BCUT2D eigenvalue weighted by atomic mass is 16.5. The van der Waals surface area contributed by atoms with Gasteiger partial charge in [-0.3, -0.25) is 14.4 Å². The SMILES string of the molecule is CC(C)OCCCNC(=O)c1ccc(CN2CC(=O)N3CCCC[C@@H]3C2=O)cc1. The summed E-state index contributed by atoms with van der Waals surface area (Å²) in [6.45, 7) is 6.38. The molecule has 0 spiro atoms. The van der Waals surface area contributed by atoms with Gasteiger partial charge < -0.3 is 19.9 Å². The zero-order chi connectivity index (χ0) is 20.8. The van der Waals surface area contributed by atoms with E-state index < -0.39 is 0 Å². The summed E-state index contributed by atoms with van der Waals surface area (Å²) in [4.78, 5) is 40.7. The van der Waals surface area contributed by atoms with Crippen LogP contribution in [0, 0.1) is 0 Å². The lowest BCUT2D eigenvalue weighted by Crippen LogP contribution is -2.60. The molecular formula is C22H31N3O4. The van der Waals surface area contributed by atoms with Gasteiger partial charge in [0.1, 0.15) is 12.6 Å². The van der Waals surface area contributed by atoms with Crippen LogP contribution in [0.5, 0.6) is 0 Å². The average molecular weight is 402 g/mol. The van der Waals surface area contributed by atoms with Crippen molar-refractivity contribution < 1.29 is 19.1 Å². The lowest BCUT2D eigenvalue weighted by molar-refractivity contribution is -0.158. The predicted octanol–water partition coefficient (Wildman–Crippen LogP) is 1.95. The van der Waals surface area contributed by atoms with E-state index >= 15 is 0 Å². The van der Waals surface area contributed by atoms with E-state index in [1.807, 2.05) is 26.0 Å². The van der Waals surface area contributed by atoms with Gasteiger partial charge in [0.25, 0.3) is 5.91 Å². The van der Waals surface area contributed by atoms with Crippen LogP contribution < -0.4 is 5.32 Å². The van der Waals surface area contributed by atoms with E-state index in [4.69, 9.17) is 4.74 Å². The third kappa shape index (κ3) is 5.56. The van der Waals surface area contributed by atoms with Crippen LogP contribution in [0.15, 0.2) is 24.3 Å². The molecule has 0 bridgehead atoms. The molecule has 3 amide bonds. The van der Waals surface area contributed by atoms with Crippen molar-refractivity contribution in [1.82, 2.24) is 15.1 Å². The quantitative estimate of drug-likeness (QED) is 0.676. The molecule has 0 unspecified atom stereocenters. The smallest absolute Gasteiger partial charge is 0.251 e. The molecule has 1 atom stereocenters. The molecule has 0 aliphatic carbocycles. The summed E-state index contributed by atoms with van der Waals surface area (Å²) in [5.41, 5.74) is 1.50. The number of fused-ring (bicyclic) bond motifs is 1. The molecule has 29 heavy (non-hydrogen) atoms. The van der Waals surface area contributed by atoms with Gasteiger partial charge in [0, 0.05) is 31.8 Å². The summed E-state index contributed by atoms with van der Waals surface area (Å²) in [6.07, 6.45) is 3.68. The molecule has 1 aromatic rings. The van der Waals surface area contributed by atoms with Crippen LogP contribution in [0.4, 0.5) is 0 Å². The van der Waals surface area contributed by atoms with Crippen molar-refractivity contribution in [2.45, 2.75) is 58.2 Å². The molecule has 2 aliphatic rings. The Morgan fingerprint density at radius 2 is 1.97 bits per heavy atom. The minimum absolute atomic E-state index is 0.0340. The number of nitrogens with one attached hydrogen (secondary N) is 1. The van der Waals surface area contributed by atoms with E-state index in [9.17, 15) is 14.4 Å². The molecule has 0 saturated carbocycles. The summed E-state index contributed by atoms with van der Waals surface area (Å²) in [7, 11) is 0. The van der Waals surface area contributed by atoms with E-state index in [1.54, 1.807) is 21.9 Å². The Morgan fingerprint density at radius 1 is 1.21 bits per heavy atom. The van der Waals surface area contributed by atoms with Crippen LogP contribution in [0.25, 0.3) is 0 Å². The number of benzene rings is 1. The number of carbonyl (C=O) groups excluding carboxylic acids is 3. The molecule has 0 aromatic heterocycles. The van der Waals surface area contributed by atoms with Crippen molar-refractivity contribution in [2.75, 3.05) is 26.2 Å². The Bertz CT molecular complexity index is 732. The first-order valence-corrected chi connectivity index (χ1v) is 10.5. The molecule has 1 aromatic carbocycles. The lowest BCUT2D eigenvalue weighted by atomic mass is 9.98. The van der Waals surface area contributed by atoms with E-state index in [0.717, 1.165) is 31.2 Å². The molecule has 7 heteroatoms. The van der Waals surface area contributed by atoms with Crippen molar-refractivity contribution in [3.63, 3.8) is 0 Å². The zero-order valence-electron chi connectivity index (χ0n) is 17.4. The summed E-state index contributed by atoms with van der Waals surface area (Å²) >= 11 is 0. The van der Waals surface area contributed by atoms with Crippen LogP contribution in [-0.2, 0) is 20.9 Å². The molecule has 3 rings (SSSR count). The fourth-order valence-corrected chi connectivity index (χ4v) is 3.84. The van der Waals surface area contributed by atoms with Crippen LogP contribution >= 0.6 is 0 Å². The van der Waals surface area contributed by atoms with E-state index in [0.29, 0.717) is 31.8 Å². The molecule has 0 radical (unpaired) electrons. The van der Waals surface area contributed by atoms with Gasteiger partial charge in [0.15, 0.2) is 0 Å². The topological polar surface area (TPSA) is 79.0 Å². The third-order valence-corrected chi connectivity index (χ3v) is 5.39. The van der Waals surface area contributed by atoms with Crippen molar-refractivity contribution in [3.05, 3.63) is 35.4 Å². The van der Waals surface area contributed by atoms with E-state index in [-0.39, 0.29) is 36.4 Å². The van der Waals surface area contributed by atoms with Crippen LogP contribution in [0.3, 0.4) is 0 Å². The summed E-state index contributed by atoms with van der Waals surface area (Å²) in [5.74, 6) is -0.0512. The highest BCUT2D eigenvalue weighted by Crippen LogP contribution is 2.24. The second kappa shape index (κ2) is 9.87. The van der Waals surface area contributed by atoms with Gasteiger partial charge in [-0.15, -0.1) is 0 Å². The molecular weight excluding hydrogens is 370 g/mol. The Hall–Kier alpha value is -2.41. The van der Waals surface area contributed by atoms with Gasteiger partial charge >= 0.3 is 0 Å². The number of ether oxygens (including phenoxy) is 1. The number of rotatable bonds is 8. The maximum atomic E-state index is 12.8. The maximum absolute atomic E-state index is 12.8. The fourth-order valence-electron chi connectivity index (χ4n) is 3.84. The number of hydrogen-bond donors (Lipinski definition) is 1. The number of piperazine rings is 1. The molecule has 2 fully saturated rings. The van der Waals surface area contributed by atoms with Gasteiger partial charge in [-0.25, -0.2) is 0 Å². The van der Waals surface area contributed by atoms with Crippen molar-refractivity contribution in [1.29, 1.82) is 0 Å². The number of piperidine rings is 1. The molecule has 7 nitrogen and oxygen atoms in total. The number of amides is 3. The maximum Gasteiger partial charge on any atom is 0.251 e. The number of hydrogen-bond acceptors (Lipinski definition) is 4. The van der Waals surface area contributed by atoms with Crippen molar-refractivity contribution in [2.24, 2.45) is 0 Å². The van der Waals surface area contributed by atoms with Crippen LogP contribution in [0.2, 0.25) is 0 Å². The zero-order valence-corrected chi connectivity index (χ0v) is 17.4. The van der Waals surface area contributed by atoms with Gasteiger partial charge in [-0.1, -0.05) is 12.1 Å².